The van der Waals surface area contributed by atoms with Gasteiger partial charge in [-0.05, 0) is 31.4 Å². The average Bonchev–Trinajstić information content (AvgIpc) is 2.34. The van der Waals surface area contributed by atoms with Gasteiger partial charge in [0.05, 0.1) is 0 Å². The van der Waals surface area contributed by atoms with E-state index in [9.17, 15) is 4.79 Å². The molecule has 1 aromatic rings. The van der Waals surface area contributed by atoms with Gasteiger partial charge in [0.2, 0.25) is 0 Å². The second kappa shape index (κ2) is 6.91. The maximum Gasteiger partial charge on any atom is 0.421 e. The van der Waals surface area contributed by atoms with Gasteiger partial charge in [-0.2, -0.15) is 0 Å². The SMILES string of the molecule is CCc1ccc(COC(=O)NNC(C)C)cc1. The minimum atomic E-state index is -0.460. The van der Waals surface area contributed by atoms with Gasteiger partial charge in [0.25, 0.3) is 0 Å². The van der Waals surface area contributed by atoms with Crippen LogP contribution in [0.25, 0.3) is 0 Å². The average molecular weight is 236 g/mol. The van der Waals surface area contributed by atoms with Crippen molar-refractivity contribution in [2.24, 2.45) is 0 Å². The molecule has 0 aliphatic rings. The third-order valence-electron chi connectivity index (χ3n) is 2.26. The highest BCUT2D eigenvalue weighted by Gasteiger charge is 2.02. The van der Waals surface area contributed by atoms with Crippen LogP contribution in [0.15, 0.2) is 24.3 Å². The summed E-state index contributed by atoms with van der Waals surface area (Å²) in [6.07, 6.45) is 0.554. The first-order chi connectivity index (χ1) is 8.11. The molecule has 0 spiro atoms. The van der Waals surface area contributed by atoms with Crippen LogP contribution in [0.1, 0.15) is 31.9 Å². The number of aryl methyl sites for hydroxylation is 1. The molecular formula is C13H20N2O2. The Labute approximate surface area is 102 Å². The number of nitrogens with one attached hydrogen (secondary N) is 2. The van der Waals surface area contributed by atoms with Crippen molar-refractivity contribution in [1.82, 2.24) is 10.9 Å². The van der Waals surface area contributed by atoms with Crippen LogP contribution in [-0.2, 0) is 17.8 Å². The summed E-state index contributed by atoms with van der Waals surface area (Å²) in [4.78, 5) is 11.2. The van der Waals surface area contributed by atoms with Crippen molar-refractivity contribution in [3.05, 3.63) is 35.4 Å². The summed E-state index contributed by atoms with van der Waals surface area (Å²) in [5, 5.41) is 0. The zero-order chi connectivity index (χ0) is 12.7. The van der Waals surface area contributed by atoms with Gasteiger partial charge in [-0.1, -0.05) is 31.2 Å². The highest BCUT2D eigenvalue weighted by molar-refractivity contribution is 5.66. The lowest BCUT2D eigenvalue weighted by Gasteiger charge is -2.10. The topological polar surface area (TPSA) is 50.4 Å². The van der Waals surface area contributed by atoms with Crippen molar-refractivity contribution >= 4 is 6.09 Å². The first kappa shape index (κ1) is 13.5. The minimum Gasteiger partial charge on any atom is -0.444 e. The quantitative estimate of drug-likeness (QED) is 0.772. The summed E-state index contributed by atoms with van der Waals surface area (Å²) in [7, 11) is 0. The van der Waals surface area contributed by atoms with Crippen LogP contribution in [0.2, 0.25) is 0 Å². The van der Waals surface area contributed by atoms with Crippen molar-refractivity contribution in [3.63, 3.8) is 0 Å². The Balaban J connectivity index is 2.31. The molecule has 0 unspecified atom stereocenters. The maximum atomic E-state index is 11.2. The van der Waals surface area contributed by atoms with Gasteiger partial charge in [0.1, 0.15) is 6.61 Å². The minimum absolute atomic E-state index is 0.186. The third kappa shape index (κ3) is 5.36. The lowest BCUT2D eigenvalue weighted by Crippen LogP contribution is -2.41. The van der Waals surface area contributed by atoms with E-state index in [1.165, 1.54) is 5.56 Å². The van der Waals surface area contributed by atoms with Crippen molar-refractivity contribution in [2.45, 2.75) is 39.8 Å². The first-order valence-corrected chi connectivity index (χ1v) is 5.88. The first-order valence-electron chi connectivity index (χ1n) is 5.88. The van der Waals surface area contributed by atoms with E-state index < -0.39 is 6.09 Å². The fourth-order valence-corrected chi connectivity index (χ4v) is 1.26. The Bertz CT molecular complexity index is 347. The summed E-state index contributed by atoms with van der Waals surface area (Å²) >= 11 is 0. The molecule has 17 heavy (non-hydrogen) atoms. The fraction of sp³-hybridized carbons (Fsp3) is 0.462. The number of hydrazine groups is 1. The molecule has 1 aromatic carbocycles. The summed E-state index contributed by atoms with van der Waals surface area (Å²) in [6, 6.07) is 8.22. The van der Waals surface area contributed by atoms with Crippen LogP contribution in [-0.4, -0.2) is 12.1 Å². The van der Waals surface area contributed by atoms with Gasteiger partial charge in [-0.25, -0.2) is 10.2 Å². The second-order valence-corrected chi connectivity index (χ2v) is 4.17. The van der Waals surface area contributed by atoms with Crippen molar-refractivity contribution in [1.29, 1.82) is 0 Å². The molecular weight excluding hydrogens is 216 g/mol. The molecule has 0 bridgehead atoms. The number of carbonyl (C=O) groups is 1. The molecule has 94 valence electrons. The van der Waals surface area contributed by atoms with Crippen LogP contribution in [0.4, 0.5) is 4.79 Å². The smallest absolute Gasteiger partial charge is 0.421 e. The third-order valence-corrected chi connectivity index (χ3v) is 2.26. The second-order valence-electron chi connectivity index (χ2n) is 4.17. The van der Waals surface area contributed by atoms with Gasteiger partial charge in [0.15, 0.2) is 0 Å². The Hall–Kier alpha value is -1.55. The Kier molecular flexibility index (Phi) is 5.49. The number of benzene rings is 1. The summed E-state index contributed by atoms with van der Waals surface area (Å²) in [5.41, 5.74) is 7.50. The number of ether oxygens (including phenoxy) is 1. The molecule has 4 heteroatoms. The molecule has 0 radical (unpaired) electrons. The molecule has 1 rings (SSSR count). The zero-order valence-electron chi connectivity index (χ0n) is 10.6. The van der Waals surface area contributed by atoms with E-state index in [0.717, 1.165) is 12.0 Å². The summed E-state index contributed by atoms with van der Waals surface area (Å²) in [6.45, 7) is 6.26. The maximum absolute atomic E-state index is 11.2. The normalized spacial score (nSPS) is 10.4. The predicted octanol–water partition coefficient (Wildman–Crippen LogP) is 2.39. The Morgan fingerprint density at radius 2 is 1.82 bits per heavy atom. The number of hydrogen-bond donors (Lipinski definition) is 2. The Morgan fingerprint density at radius 1 is 1.24 bits per heavy atom. The molecule has 0 atom stereocenters. The molecule has 0 aliphatic carbocycles. The monoisotopic (exact) mass is 236 g/mol. The number of hydrogen-bond acceptors (Lipinski definition) is 3. The van der Waals surface area contributed by atoms with Crippen molar-refractivity contribution in [2.75, 3.05) is 0 Å². The van der Waals surface area contributed by atoms with E-state index in [1.54, 1.807) is 0 Å². The largest absolute Gasteiger partial charge is 0.444 e. The molecule has 2 N–H and O–H groups in total. The predicted molar refractivity (Wildman–Crippen MR) is 67.4 cm³/mol. The molecule has 4 nitrogen and oxygen atoms in total. The molecule has 0 aliphatic heterocycles. The molecule has 0 heterocycles. The van der Waals surface area contributed by atoms with Gasteiger partial charge in [-0.15, -0.1) is 0 Å². The lowest BCUT2D eigenvalue weighted by molar-refractivity contribution is 0.133. The van der Waals surface area contributed by atoms with E-state index in [2.05, 4.69) is 17.8 Å². The van der Waals surface area contributed by atoms with Crippen LogP contribution < -0.4 is 10.9 Å². The zero-order valence-corrected chi connectivity index (χ0v) is 10.6. The van der Waals surface area contributed by atoms with E-state index in [-0.39, 0.29) is 12.6 Å². The lowest BCUT2D eigenvalue weighted by atomic mass is 10.1. The Morgan fingerprint density at radius 3 is 2.35 bits per heavy atom. The van der Waals surface area contributed by atoms with Crippen molar-refractivity contribution in [3.8, 4) is 0 Å². The summed E-state index contributed by atoms with van der Waals surface area (Å²) in [5.74, 6) is 0. The van der Waals surface area contributed by atoms with Gasteiger partial charge < -0.3 is 4.74 Å². The number of rotatable bonds is 5. The standard InChI is InChI=1S/C13H20N2O2/c1-4-11-5-7-12(8-6-11)9-17-13(16)15-14-10(2)3/h5-8,10,14H,4,9H2,1-3H3,(H,15,16). The van der Waals surface area contributed by atoms with Crippen LogP contribution in [0, 0.1) is 0 Å². The molecule has 0 fully saturated rings. The highest BCUT2D eigenvalue weighted by Crippen LogP contribution is 2.06. The van der Waals surface area contributed by atoms with E-state index in [4.69, 9.17) is 4.74 Å². The van der Waals surface area contributed by atoms with Crippen LogP contribution >= 0.6 is 0 Å². The molecule has 1 amide bonds. The van der Waals surface area contributed by atoms with E-state index >= 15 is 0 Å². The van der Waals surface area contributed by atoms with E-state index in [1.807, 2.05) is 38.1 Å². The molecule has 0 saturated heterocycles. The number of carbonyl (C=O) groups excluding carboxylic acids is 1. The van der Waals surface area contributed by atoms with Gasteiger partial charge in [-0.3, -0.25) is 5.43 Å². The van der Waals surface area contributed by atoms with E-state index in [0.29, 0.717) is 0 Å². The molecule has 0 aromatic heterocycles. The summed E-state index contributed by atoms with van der Waals surface area (Å²) < 4.78 is 5.04. The van der Waals surface area contributed by atoms with Gasteiger partial charge >= 0.3 is 6.09 Å². The molecule has 0 saturated carbocycles. The van der Waals surface area contributed by atoms with Crippen LogP contribution in [0.3, 0.4) is 0 Å². The van der Waals surface area contributed by atoms with Gasteiger partial charge in [0, 0.05) is 6.04 Å². The van der Waals surface area contributed by atoms with Crippen molar-refractivity contribution < 1.29 is 9.53 Å². The highest BCUT2D eigenvalue weighted by atomic mass is 16.6. The number of amides is 1. The fourth-order valence-electron chi connectivity index (χ4n) is 1.26. The van der Waals surface area contributed by atoms with Crippen LogP contribution in [0.5, 0.6) is 0 Å².